The summed E-state index contributed by atoms with van der Waals surface area (Å²) in [5.41, 5.74) is 2.34. The standard InChI is InChI=1S/C16H14N2O2/c19-15-12-3-1-2-9-4-5-11(10-6-7-17-8-10)14(13(9)12)16(20)18-15/h1-5,10,17H,6-8H2,(H,18,19,20). The van der Waals surface area contributed by atoms with E-state index in [0.717, 1.165) is 35.8 Å². The molecule has 100 valence electrons. The number of imide groups is 1. The molecule has 2 N–H and O–H groups in total. The van der Waals surface area contributed by atoms with Crippen LogP contribution in [0.1, 0.15) is 38.6 Å². The van der Waals surface area contributed by atoms with E-state index in [-0.39, 0.29) is 11.8 Å². The minimum atomic E-state index is -0.296. The van der Waals surface area contributed by atoms with E-state index in [9.17, 15) is 9.59 Å². The molecule has 0 bridgehead atoms. The highest BCUT2D eigenvalue weighted by molar-refractivity contribution is 6.26. The number of carbonyl (C=O) groups is 2. The van der Waals surface area contributed by atoms with E-state index in [1.165, 1.54) is 0 Å². The summed E-state index contributed by atoms with van der Waals surface area (Å²) in [5, 5.41) is 7.55. The Bertz CT molecular complexity index is 745. The SMILES string of the molecule is O=C1NC(=O)c2c(C3CCNC3)ccc3cccc1c23. The lowest BCUT2D eigenvalue weighted by Crippen LogP contribution is -2.35. The maximum absolute atomic E-state index is 12.3. The van der Waals surface area contributed by atoms with Crippen LogP contribution in [0.2, 0.25) is 0 Å². The van der Waals surface area contributed by atoms with Gasteiger partial charge in [-0.2, -0.15) is 0 Å². The van der Waals surface area contributed by atoms with Crippen molar-refractivity contribution in [2.75, 3.05) is 13.1 Å². The summed E-state index contributed by atoms with van der Waals surface area (Å²) in [6.07, 6.45) is 1.03. The lowest BCUT2D eigenvalue weighted by molar-refractivity contribution is 0.0844. The fourth-order valence-electron chi connectivity index (χ4n) is 3.32. The van der Waals surface area contributed by atoms with Crippen LogP contribution < -0.4 is 10.6 Å². The van der Waals surface area contributed by atoms with Gasteiger partial charge in [-0.15, -0.1) is 0 Å². The third kappa shape index (κ3) is 1.51. The predicted molar refractivity (Wildman–Crippen MR) is 76.0 cm³/mol. The third-order valence-electron chi connectivity index (χ3n) is 4.28. The first-order valence-corrected chi connectivity index (χ1v) is 6.88. The van der Waals surface area contributed by atoms with Crippen LogP contribution in [0.15, 0.2) is 30.3 Å². The summed E-state index contributed by atoms with van der Waals surface area (Å²) in [4.78, 5) is 24.3. The molecular formula is C16H14N2O2. The fourth-order valence-corrected chi connectivity index (χ4v) is 3.32. The second-order valence-corrected chi connectivity index (χ2v) is 5.41. The number of hydrogen-bond donors (Lipinski definition) is 2. The van der Waals surface area contributed by atoms with Crippen LogP contribution in [0.3, 0.4) is 0 Å². The molecule has 4 rings (SSSR count). The first kappa shape index (κ1) is 11.6. The molecule has 0 saturated carbocycles. The molecule has 0 aliphatic carbocycles. The van der Waals surface area contributed by atoms with Crippen molar-refractivity contribution in [2.24, 2.45) is 0 Å². The Morgan fingerprint density at radius 2 is 1.95 bits per heavy atom. The van der Waals surface area contributed by atoms with Crippen molar-refractivity contribution in [3.05, 3.63) is 47.0 Å². The summed E-state index contributed by atoms with van der Waals surface area (Å²) in [6.45, 7) is 1.87. The molecule has 0 spiro atoms. The fraction of sp³-hybridized carbons (Fsp3) is 0.250. The van der Waals surface area contributed by atoms with Gasteiger partial charge < -0.3 is 5.32 Å². The molecule has 1 atom stereocenters. The number of amides is 2. The molecule has 4 nitrogen and oxygen atoms in total. The van der Waals surface area contributed by atoms with Gasteiger partial charge in [0.2, 0.25) is 0 Å². The van der Waals surface area contributed by atoms with Crippen LogP contribution in [0.5, 0.6) is 0 Å². The highest BCUT2D eigenvalue weighted by Crippen LogP contribution is 2.34. The Kier molecular flexibility index (Phi) is 2.41. The molecule has 2 aliphatic heterocycles. The molecule has 4 heteroatoms. The van der Waals surface area contributed by atoms with Crippen molar-refractivity contribution in [2.45, 2.75) is 12.3 Å². The predicted octanol–water partition coefficient (Wildman–Crippen LogP) is 1.80. The second kappa shape index (κ2) is 4.15. The third-order valence-corrected chi connectivity index (χ3v) is 4.28. The molecule has 20 heavy (non-hydrogen) atoms. The van der Waals surface area contributed by atoms with Gasteiger partial charge in [0.05, 0.1) is 5.56 Å². The minimum Gasteiger partial charge on any atom is -0.316 e. The van der Waals surface area contributed by atoms with Crippen LogP contribution >= 0.6 is 0 Å². The van der Waals surface area contributed by atoms with Crippen LogP contribution in [0, 0.1) is 0 Å². The lowest BCUT2D eigenvalue weighted by Gasteiger charge is -2.22. The Balaban J connectivity index is 2.07. The largest absolute Gasteiger partial charge is 0.316 e. The zero-order chi connectivity index (χ0) is 13.7. The highest BCUT2D eigenvalue weighted by Gasteiger charge is 2.30. The molecule has 2 aromatic rings. The summed E-state index contributed by atoms with van der Waals surface area (Å²) in [5.74, 6) is -0.211. The molecule has 2 heterocycles. The number of nitrogens with one attached hydrogen (secondary N) is 2. The molecule has 2 aromatic carbocycles. The van der Waals surface area contributed by atoms with Gasteiger partial charge in [0.1, 0.15) is 0 Å². The van der Waals surface area contributed by atoms with Crippen molar-refractivity contribution < 1.29 is 9.59 Å². The van der Waals surface area contributed by atoms with E-state index in [0.29, 0.717) is 17.0 Å². The van der Waals surface area contributed by atoms with E-state index in [2.05, 4.69) is 10.6 Å². The molecule has 0 radical (unpaired) electrons. The van der Waals surface area contributed by atoms with Crippen LogP contribution in [0.25, 0.3) is 10.8 Å². The lowest BCUT2D eigenvalue weighted by atomic mass is 9.86. The Labute approximate surface area is 116 Å². The van der Waals surface area contributed by atoms with Crippen molar-refractivity contribution >= 4 is 22.6 Å². The van der Waals surface area contributed by atoms with E-state index in [4.69, 9.17) is 0 Å². The first-order chi connectivity index (χ1) is 9.75. The van der Waals surface area contributed by atoms with Crippen molar-refractivity contribution in [1.82, 2.24) is 10.6 Å². The normalized spacial score (nSPS) is 21.3. The molecular weight excluding hydrogens is 252 g/mol. The van der Waals surface area contributed by atoms with Crippen LogP contribution in [-0.2, 0) is 0 Å². The van der Waals surface area contributed by atoms with E-state index in [1.807, 2.05) is 24.3 Å². The van der Waals surface area contributed by atoms with Gasteiger partial charge >= 0.3 is 0 Å². The summed E-state index contributed by atoms with van der Waals surface area (Å²) >= 11 is 0. The molecule has 1 fully saturated rings. The number of rotatable bonds is 1. The minimum absolute atomic E-state index is 0.263. The monoisotopic (exact) mass is 266 g/mol. The van der Waals surface area contributed by atoms with E-state index >= 15 is 0 Å². The molecule has 2 aliphatic rings. The Hall–Kier alpha value is -2.20. The average molecular weight is 266 g/mol. The maximum atomic E-state index is 12.3. The van der Waals surface area contributed by atoms with Gasteiger partial charge in [0, 0.05) is 17.5 Å². The van der Waals surface area contributed by atoms with Crippen LogP contribution in [0.4, 0.5) is 0 Å². The Morgan fingerprint density at radius 1 is 1.05 bits per heavy atom. The van der Waals surface area contributed by atoms with Gasteiger partial charge in [0.15, 0.2) is 0 Å². The van der Waals surface area contributed by atoms with Crippen molar-refractivity contribution in [3.63, 3.8) is 0 Å². The molecule has 1 unspecified atom stereocenters. The topological polar surface area (TPSA) is 58.2 Å². The zero-order valence-electron chi connectivity index (χ0n) is 10.9. The quantitative estimate of drug-likeness (QED) is 0.774. The summed E-state index contributed by atoms with van der Waals surface area (Å²) < 4.78 is 0. The number of carbonyl (C=O) groups excluding carboxylic acids is 2. The van der Waals surface area contributed by atoms with E-state index < -0.39 is 0 Å². The van der Waals surface area contributed by atoms with Crippen LogP contribution in [-0.4, -0.2) is 24.9 Å². The Morgan fingerprint density at radius 3 is 2.75 bits per heavy atom. The average Bonchev–Trinajstić information content (AvgIpc) is 2.98. The van der Waals surface area contributed by atoms with Crippen molar-refractivity contribution in [3.8, 4) is 0 Å². The zero-order valence-corrected chi connectivity index (χ0v) is 10.9. The van der Waals surface area contributed by atoms with Crippen molar-refractivity contribution in [1.29, 1.82) is 0 Å². The second-order valence-electron chi connectivity index (χ2n) is 5.41. The maximum Gasteiger partial charge on any atom is 0.259 e. The molecule has 0 aromatic heterocycles. The number of hydrogen-bond acceptors (Lipinski definition) is 3. The molecule has 2 amide bonds. The van der Waals surface area contributed by atoms with Gasteiger partial charge in [-0.3, -0.25) is 14.9 Å². The van der Waals surface area contributed by atoms with Gasteiger partial charge in [-0.1, -0.05) is 24.3 Å². The summed E-state index contributed by atoms with van der Waals surface area (Å²) in [6, 6.07) is 9.64. The number of benzene rings is 2. The highest BCUT2D eigenvalue weighted by atomic mass is 16.2. The smallest absolute Gasteiger partial charge is 0.259 e. The van der Waals surface area contributed by atoms with Gasteiger partial charge in [-0.05, 0) is 35.9 Å². The summed E-state index contributed by atoms with van der Waals surface area (Å²) in [7, 11) is 0. The first-order valence-electron chi connectivity index (χ1n) is 6.88. The molecule has 1 saturated heterocycles. The van der Waals surface area contributed by atoms with Gasteiger partial charge in [-0.25, -0.2) is 0 Å². The van der Waals surface area contributed by atoms with E-state index in [1.54, 1.807) is 6.07 Å². The van der Waals surface area contributed by atoms with Gasteiger partial charge in [0.25, 0.3) is 11.8 Å².